The minimum atomic E-state index is 0.881. The molecule has 2 rings (SSSR count). The molecule has 1 aliphatic rings. The van der Waals surface area contributed by atoms with Gasteiger partial charge < -0.3 is 5.32 Å². The van der Waals surface area contributed by atoms with Crippen molar-refractivity contribution < 1.29 is 0 Å². The van der Waals surface area contributed by atoms with Gasteiger partial charge in [0.25, 0.3) is 0 Å². The lowest BCUT2D eigenvalue weighted by atomic mass is 10.0. The Hall–Kier alpha value is -0.820. The van der Waals surface area contributed by atoms with Crippen molar-refractivity contribution in [2.24, 2.45) is 5.92 Å². The smallest absolute Gasteiger partial charge is 0.00461 e. The van der Waals surface area contributed by atoms with Gasteiger partial charge in [0.15, 0.2) is 0 Å². The van der Waals surface area contributed by atoms with Crippen molar-refractivity contribution in [2.45, 2.75) is 32.6 Å². The summed E-state index contributed by atoms with van der Waals surface area (Å²) in [6.45, 7) is 4.57. The molecule has 0 atom stereocenters. The summed E-state index contributed by atoms with van der Waals surface area (Å²) in [4.78, 5) is 0. The van der Waals surface area contributed by atoms with E-state index in [1.807, 2.05) is 0 Å². The van der Waals surface area contributed by atoms with E-state index in [0.717, 1.165) is 5.92 Å². The van der Waals surface area contributed by atoms with Gasteiger partial charge in [0, 0.05) is 0 Å². The van der Waals surface area contributed by atoms with Gasteiger partial charge in [-0.1, -0.05) is 31.2 Å². The van der Waals surface area contributed by atoms with Gasteiger partial charge >= 0.3 is 0 Å². The fourth-order valence-electron chi connectivity index (χ4n) is 2.46. The maximum Gasteiger partial charge on any atom is -0.00461 e. The third-order valence-electron chi connectivity index (χ3n) is 3.29. The summed E-state index contributed by atoms with van der Waals surface area (Å²) in [6, 6.07) is 8.90. The van der Waals surface area contributed by atoms with Crippen LogP contribution in [0.1, 0.15) is 30.9 Å². The summed E-state index contributed by atoms with van der Waals surface area (Å²) >= 11 is 0. The van der Waals surface area contributed by atoms with Gasteiger partial charge in [-0.05, 0) is 55.8 Å². The van der Waals surface area contributed by atoms with Crippen molar-refractivity contribution in [3.8, 4) is 0 Å². The first-order valence-corrected chi connectivity index (χ1v) is 6.17. The molecule has 1 N–H and O–H groups in total. The Bertz CT molecular complexity index is 281. The van der Waals surface area contributed by atoms with Gasteiger partial charge in [-0.25, -0.2) is 0 Å². The topological polar surface area (TPSA) is 12.0 Å². The molecule has 0 saturated carbocycles. The Labute approximate surface area is 92.9 Å². The van der Waals surface area contributed by atoms with Crippen molar-refractivity contribution >= 4 is 0 Å². The molecule has 0 fully saturated rings. The molecule has 1 aromatic carbocycles. The zero-order valence-electron chi connectivity index (χ0n) is 9.63. The van der Waals surface area contributed by atoms with Crippen LogP contribution < -0.4 is 5.32 Å². The summed E-state index contributed by atoms with van der Waals surface area (Å²) in [5.74, 6) is 0.881. The quantitative estimate of drug-likeness (QED) is 0.726. The van der Waals surface area contributed by atoms with Crippen LogP contribution in [0, 0.1) is 5.92 Å². The van der Waals surface area contributed by atoms with Crippen LogP contribution in [-0.2, 0) is 12.8 Å². The molecular formula is C14H21N. The number of rotatable bonds is 5. The molecule has 0 radical (unpaired) electrons. The fourth-order valence-corrected chi connectivity index (χ4v) is 2.46. The molecule has 0 aliphatic heterocycles. The number of hydrogen-bond donors (Lipinski definition) is 1. The van der Waals surface area contributed by atoms with E-state index < -0.39 is 0 Å². The van der Waals surface area contributed by atoms with E-state index in [2.05, 4.69) is 36.5 Å². The Morgan fingerprint density at radius 2 is 1.80 bits per heavy atom. The van der Waals surface area contributed by atoms with Crippen LogP contribution in [0.5, 0.6) is 0 Å². The Morgan fingerprint density at radius 3 is 2.40 bits per heavy atom. The highest BCUT2D eigenvalue weighted by molar-refractivity contribution is 5.31. The van der Waals surface area contributed by atoms with Crippen LogP contribution >= 0.6 is 0 Å². The molecule has 1 aliphatic carbocycles. The number of hydrogen-bond acceptors (Lipinski definition) is 1. The van der Waals surface area contributed by atoms with Crippen LogP contribution in [0.25, 0.3) is 0 Å². The third kappa shape index (κ3) is 2.82. The monoisotopic (exact) mass is 203 g/mol. The minimum absolute atomic E-state index is 0.881. The second-order valence-corrected chi connectivity index (χ2v) is 4.58. The van der Waals surface area contributed by atoms with Crippen LogP contribution in [0.15, 0.2) is 24.3 Å². The van der Waals surface area contributed by atoms with Gasteiger partial charge in [-0.2, -0.15) is 0 Å². The Kier molecular flexibility index (Phi) is 3.79. The lowest BCUT2D eigenvalue weighted by Gasteiger charge is -2.08. The molecule has 1 nitrogen and oxygen atoms in total. The van der Waals surface area contributed by atoms with E-state index in [-0.39, 0.29) is 0 Å². The second-order valence-electron chi connectivity index (χ2n) is 4.58. The minimum Gasteiger partial charge on any atom is -0.317 e. The lowest BCUT2D eigenvalue weighted by Crippen LogP contribution is -2.19. The van der Waals surface area contributed by atoms with Crippen LogP contribution in [-0.4, -0.2) is 13.1 Å². The summed E-state index contributed by atoms with van der Waals surface area (Å²) in [5.41, 5.74) is 3.16. The van der Waals surface area contributed by atoms with E-state index in [1.54, 1.807) is 11.1 Å². The largest absolute Gasteiger partial charge is 0.317 e. The molecule has 0 saturated heterocycles. The van der Waals surface area contributed by atoms with E-state index in [4.69, 9.17) is 0 Å². The van der Waals surface area contributed by atoms with Crippen molar-refractivity contribution in [3.63, 3.8) is 0 Å². The van der Waals surface area contributed by atoms with Crippen LogP contribution in [0.4, 0.5) is 0 Å². The number of benzene rings is 1. The molecule has 0 amide bonds. The maximum absolute atomic E-state index is 3.49. The average Bonchev–Trinajstić information content (AvgIpc) is 2.67. The Morgan fingerprint density at radius 1 is 1.13 bits per heavy atom. The molecular weight excluding hydrogens is 182 g/mol. The highest BCUT2D eigenvalue weighted by Crippen LogP contribution is 2.27. The van der Waals surface area contributed by atoms with Crippen molar-refractivity contribution in [1.82, 2.24) is 5.32 Å². The predicted octanol–water partition coefficient (Wildman–Crippen LogP) is 2.79. The standard InChI is InChI=1S/C14H21N/c1-2-8-15-9-7-12-10-13-5-3-4-6-14(13)11-12/h3-6,12,15H,2,7-11H2,1H3. The van der Waals surface area contributed by atoms with Crippen LogP contribution in [0.3, 0.4) is 0 Å². The number of nitrogens with one attached hydrogen (secondary N) is 1. The molecule has 1 aromatic rings. The van der Waals surface area contributed by atoms with Crippen molar-refractivity contribution in [3.05, 3.63) is 35.4 Å². The molecule has 0 aromatic heterocycles. The van der Waals surface area contributed by atoms with E-state index >= 15 is 0 Å². The fraction of sp³-hybridized carbons (Fsp3) is 0.571. The third-order valence-corrected chi connectivity index (χ3v) is 3.29. The maximum atomic E-state index is 3.49. The highest BCUT2D eigenvalue weighted by atomic mass is 14.8. The van der Waals surface area contributed by atoms with Gasteiger partial charge in [0.1, 0.15) is 0 Å². The normalized spacial score (nSPS) is 15.5. The SMILES string of the molecule is CCCNCCC1Cc2ccccc2C1. The average molecular weight is 203 g/mol. The summed E-state index contributed by atoms with van der Waals surface area (Å²) in [7, 11) is 0. The van der Waals surface area contributed by atoms with Gasteiger partial charge in [-0.15, -0.1) is 0 Å². The summed E-state index contributed by atoms with van der Waals surface area (Å²) < 4.78 is 0. The molecule has 15 heavy (non-hydrogen) atoms. The molecule has 0 unspecified atom stereocenters. The van der Waals surface area contributed by atoms with E-state index in [1.165, 1.54) is 38.8 Å². The van der Waals surface area contributed by atoms with E-state index in [9.17, 15) is 0 Å². The predicted molar refractivity (Wildman–Crippen MR) is 65.1 cm³/mol. The second kappa shape index (κ2) is 5.32. The first-order valence-electron chi connectivity index (χ1n) is 6.17. The van der Waals surface area contributed by atoms with Gasteiger partial charge in [-0.3, -0.25) is 0 Å². The van der Waals surface area contributed by atoms with Crippen LogP contribution in [0.2, 0.25) is 0 Å². The zero-order valence-corrected chi connectivity index (χ0v) is 9.63. The lowest BCUT2D eigenvalue weighted by molar-refractivity contribution is 0.486. The first kappa shape index (κ1) is 10.7. The van der Waals surface area contributed by atoms with Gasteiger partial charge in [0.05, 0.1) is 0 Å². The molecule has 82 valence electrons. The zero-order chi connectivity index (χ0) is 10.5. The van der Waals surface area contributed by atoms with E-state index in [0.29, 0.717) is 0 Å². The highest BCUT2D eigenvalue weighted by Gasteiger charge is 2.19. The molecule has 0 bridgehead atoms. The van der Waals surface area contributed by atoms with Crippen molar-refractivity contribution in [1.29, 1.82) is 0 Å². The summed E-state index contributed by atoms with van der Waals surface area (Å²) in [5, 5.41) is 3.49. The van der Waals surface area contributed by atoms with Crippen molar-refractivity contribution in [2.75, 3.05) is 13.1 Å². The molecule has 0 heterocycles. The molecule has 0 spiro atoms. The summed E-state index contributed by atoms with van der Waals surface area (Å²) in [6.07, 6.45) is 5.16. The van der Waals surface area contributed by atoms with Gasteiger partial charge in [0.2, 0.25) is 0 Å². The first-order chi connectivity index (χ1) is 7.40. The Balaban J connectivity index is 1.76. The molecule has 1 heteroatoms. The number of fused-ring (bicyclic) bond motifs is 1.